The number of carboxylic acid groups (broad SMARTS) is 1. The number of rotatable bonds is 4. The van der Waals surface area contributed by atoms with Gasteiger partial charge >= 0.3 is 12.6 Å². The van der Waals surface area contributed by atoms with Crippen molar-refractivity contribution in [3.63, 3.8) is 0 Å². The highest BCUT2D eigenvalue weighted by Gasteiger charge is 2.14. The second-order valence-corrected chi connectivity index (χ2v) is 3.04. The van der Waals surface area contributed by atoms with E-state index in [0.29, 0.717) is 0 Å². The molecule has 0 atom stereocenters. The monoisotopic (exact) mass is 232 g/mol. The average Bonchev–Trinajstić information content (AvgIpc) is 2.11. The molecule has 16 heavy (non-hydrogen) atoms. The lowest BCUT2D eigenvalue weighted by atomic mass is 10.1. The summed E-state index contributed by atoms with van der Waals surface area (Å²) in [6.45, 7) is -3.05. The molecule has 0 amide bonds. The maximum atomic E-state index is 12.0. The summed E-state index contributed by atoms with van der Waals surface area (Å²) in [6.07, 6.45) is -0.466. The van der Waals surface area contributed by atoms with E-state index in [2.05, 4.69) is 4.74 Å². The van der Waals surface area contributed by atoms with Crippen molar-refractivity contribution >= 4 is 17.3 Å². The first kappa shape index (κ1) is 12.0. The van der Waals surface area contributed by atoms with E-state index in [1.54, 1.807) is 0 Å². The minimum Gasteiger partial charge on any atom is -0.481 e. The molecule has 0 aromatic heterocycles. The summed E-state index contributed by atoms with van der Waals surface area (Å²) in [5, 5.41) is 8.57. The fourth-order valence-corrected chi connectivity index (χ4v) is 1.17. The molecule has 0 spiro atoms. The van der Waals surface area contributed by atoms with Crippen LogP contribution in [-0.2, 0) is 11.2 Å². The third-order valence-electron chi connectivity index (χ3n) is 1.82. The first-order valence-corrected chi connectivity index (χ1v) is 4.24. The molecule has 1 rings (SSSR count). The van der Waals surface area contributed by atoms with Crippen molar-refractivity contribution < 1.29 is 23.4 Å². The van der Waals surface area contributed by atoms with Crippen LogP contribution in [-0.4, -0.2) is 17.7 Å². The normalized spacial score (nSPS) is 10.4. The summed E-state index contributed by atoms with van der Waals surface area (Å²) in [6, 6.07) is 2.29. The van der Waals surface area contributed by atoms with Gasteiger partial charge in [-0.3, -0.25) is 4.79 Å². The van der Waals surface area contributed by atoms with E-state index >= 15 is 0 Å². The Balaban J connectivity index is 3.11. The Morgan fingerprint density at radius 3 is 2.44 bits per heavy atom. The lowest BCUT2D eigenvalue weighted by Crippen LogP contribution is -2.09. The van der Waals surface area contributed by atoms with E-state index in [-0.39, 0.29) is 22.7 Å². The summed E-state index contributed by atoms with van der Waals surface area (Å²) >= 11 is 0. The lowest BCUT2D eigenvalue weighted by Gasteiger charge is -2.11. The SMILES string of the molecule is Nc1cc(CC(=O)O)c(OC(F)F)cc1N. The minimum atomic E-state index is -3.05. The number of aliphatic carboxylic acids is 1. The zero-order valence-electron chi connectivity index (χ0n) is 8.11. The fraction of sp³-hybridized carbons (Fsp3) is 0.222. The zero-order chi connectivity index (χ0) is 12.3. The van der Waals surface area contributed by atoms with Crippen LogP contribution < -0.4 is 16.2 Å². The maximum absolute atomic E-state index is 12.0. The third kappa shape index (κ3) is 2.97. The van der Waals surface area contributed by atoms with Crippen molar-refractivity contribution in [1.82, 2.24) is 0 Å². The first-order chi connectivity index (χ1) is 7.40. The molecule has 88 valence electrons. The van der Waals surface area contributed by atoms with Crippen LogP contribution >= 0.6 is 0 Å². The number of carbonyl (C=O) groups is 1. The molecule has 1 aromatic rings. The van der Waals surface area contributed by atoms with Gasteiger partial charge in [0.05, 0.1) is 17.8 Å². The highest BCUT2D eigenvalue weighted by molar-refractivity contribution is 5.75. The Bertz CT molecular complexity index is 410. The molecule has 5 nitrogen and oxygen atoms in total. The summed E-state index contributed by atoms with van der Waals surface area (Å²) < 4.78 is 28.2. The van der Waals surface area contributed by atoms with Gasteiger partial charge < -0.3 is 21.3 Å². The summed E-state index contributed by atoms with van der Waals surface area (Å²) in [5.74, 6) is -1.45. The van der Waals surface area contributed by atoms with Gasteiger partial charge in [0, 0.05) is 11.6 Å². The molecule has 1 aromatic carbocycles. The van der Waals surface area contributed by atoms with Crippen molar-refractivity contribution in [2.75, 3.05) is 11.5 Å². The second kappa shape index (κ2) is 4.65. The van der Waals surface area contributed by atoms with Gasteiger partial charge in [-0.25, -0.2) is 0 Å². The van der Waals surface area contributed by atoms with E-state index in [0.717, 1.165) is 6.07 Å². The van der Waals surface area contributed by atoms with Crippen LogP contribution in [0.4, 0.5) is 20.2 Å². The Morgan fingerprint density at radius 2 is 1.94 bits per heavy atom. The van der Waals surface area contributed by atoms with Crippen molar-refractivity contribution in [3.05, 3.63) is 17.7 Å². The largest absolute Gasteiger partial charge is 0.481 e. The standard InChI is InChI=1S/C9H10F2N2O3/c10-9(11)16-7-3-6(13)5(12)1-4(7)2-8(14)15/h1,3,9H,2,12-13H2,(H,14,15). The zero-order valence-corrected chi connectivity index (χ0v) is 8.11. The number of halogens is 2. The molecule has 0 bridgehead atoms. The number of anilines is 2. The number of benzene rings is 1. The Hall–Kier alpha value is -2.05. The average molecular weight is 232 g/mol. The van der Waals surface area contributed by atoms with Crippen LogP contribution in [0.15, 0.2) is 12.1 Å². The van der Waals surface area contributed by atoms with E-state index in [1.165, 1.54) is 6.07 Å². The van der Waals surface area contributed by atoms with Gasteiger partial charge in [-0.2, -0.15) is 8.78 Å². The quantitative estimate of drug-likeness (QED) is 0.674. The lowest BCUT2D eigenvalue weighted by molar-refractivity contribution is -0.136. The molecular formula is C9H10F2N2O3. The number of carboxylic acids is 1. The number of hydrogen-bond donors (Lipinski definition) is 3. The van der Waals surface area contributed by atoms with Crippen molar-refractivity contribution in [1.29, 1.82) is 0 Å². The van der Waals surface area contributed by atoms with Gasteiger partial charge in [-0.05, 0) is 6.07 Å². The topological polar surface area (TPSA) is 98.6 Å². The molecule has 0 aliphatic heterocycles. The van der Waals surface area contributed by atoms with Crippen LogP contribution in [0.2, 0.25) is 0 Å². The molecule has 5 N–H and O–H groups in total. The Kier molecular flexibility index (Phi) is 3.49. The van der Waals surface area contributed by atoms with E-state index in [4.69, 9.17) is 16.6 Å². The molecule has 0 aliphatic rings. The highest BCUT2D eigenvalue weighted by Crippen LogP contribution is 2.28. The molecule has 7 heteroatoms. The Labute approximate surface area is 89.6 Å². The van der Waals surface area contributed by atoms with Crippen molar-refractivity contribution in [3.8, 4) is 5.75 Å². The van der Waals surface area contributed by atoms with Gasteiger partial charge in [0.25, 0.3) is 0 Å². The van der Waals surface area contributed by atoms with Crippen LogP contribution in [0.5, 0.6) is 5.75 Å². The smallest absolute Gasteiger partial charge is 0.387 e. The highest BCUT2D eigenvalue weighted by atomic mass is 19.3. The Morgan fingerprint density at radius 1 is 1.38 bits per heavy atom. The predicted molar refractivity (Wildman–Crippen MR) is 53.2 cm³/mol. The third-order valence-corrected chi connectivity index (χ3v) is 1.82. The summed E-state index contributed by atoms with van der Waals surface area (Å²) in [5.41, 5.74) is 11.1. The number of alkyl halides is 2. The number of hydrogen-bond acceptors (Lipinski definition) is 4. The minimum absolute atomic E-state index is 0.0551. The fourth-order valence-electron chi connectivity index (χ4n) is 1.17. The van der Waals surface area contributed by atoms with E-state index in [1.807, 2.05) is 0 Å². The van der Waals surface area contributed by atoms with Crippen molar-refractivity contribution in [2.24, 2.45) is 0 Å². The molecular weight excluding hydrogens is 222 g/mol. The molecule has 0 saturated heterocycles. The van der Waals surface area contributed by atoms with Gasteiger partial charge in [-0.15, -0.1) is 0 Å². The predicted octanol–water partition coefficient (Wildman–Crippen LogP) is 1.08. The number of nitrogen functional groups attached to an aromatic ring is 2. The van der Waals surface area contributed by atoms with Gasteiger partial charge in [0.15, 0.2) is 0 Å². The van der Waals surface area contributed by atoms with E-state index in [9.17, 15) is 13.6 Å². The van der Waals surface area contributed by atoms with Gasteiger partial charge in [-0.1, -0.05) is 0 Å². The number of ether oxygens (including phenoxy) is 1. The maximum Gasteiger partial charge on any atom is 0.387 e. The molecule has 0 saturated carbocycles. The van der Waals surface area contributed by atoms with Gasteiger partial charge in [0.2, 0.25) is 0 Å². The summed E-state index contributed by atoms with van der Waals surface area (Å²) in [4.78, 5) is 10.5. The molecule has 0 unspecified atom stereocenters. The van der Waals surface area contributed by atoms with E-state index < -0.39 is 19.0 Å². The summed E-state index contributed by atoms with van der Waals surface area (Å²) in [7, 11) is 0. The van der Waals surface area contributed by atoms with Gasteiger partial charge in [0.1, 0.15) is 5.75 Å². The second-order valence-electron chi connectivity index (χ2n) is 3.04. The first-order valence-electron chi connectivity index (χ1n) is 4.24. The number of nitrogens with two attached hydrogens (primary N) is 2. The molecule has 0 fully saturated rings. The van der Waals surface area contributed by atoms with Crippen LogP contribution in [0.25, 0.3) is 0 Å². The molecule has 0 heterocycles. The molecule has 0 aliphatic carbocycles. The van der Waals surface area contributed by atoms with Crippen LogP contribution in [0.3, 0.4) is 0 Å². The van der Waals surface area contributed by atoms with Crippen LogP contribution in [0.1, 0.15) is 5.56 Å². The van der Waals surface area contributed by atoms with Crippen molar-refractivity contribution in [2.45, 2.75) is 13.0 Å². The van der Waals surface area contributed by atoms with Crippen LogP contribution in [0, 0.1) is 0 Å². The molecule has 0 radical (unpaired) electrons.